The van der Waals surface area contributed by atoms with Gasteiger partial charge in [-0.2, -0.15) is 0 Å². The molecule has 13 heavy (non-hydrogen) atoms. The Hall–Kier alpha value is -1.10. The summed E-state index contributed by atoms with van der Waals surface area (Å²) >= 11 is 0. The second kappa shape index (κ2) is 5.53. The van der Waals surface area contributed by atoms with Crippen molar-refractivity contribution in [2.75, 3.05) is 13.7 Å². The van der Waals surface area contributed by atoms with Gasteiger partial charge in [0, 0.05) is 6.61 Å². The Morgan fingerprint density at radius 3 is 2.31 bits per heavy atom. The van der Waals surface area contributed by atoms with E-state index in [4.69, 9.17) is 10.2 Å². The molecular formula is C8H14O5. The van der Waals surface area contributed by atoms with Crippen LogP contribution >= 0.6 is 0 Å². The molecule has 0 heterocycles. The average Bonchev–Trinajstić information content (AvgIpc) is 2.11. The van der Waals surface area contributed by atoms with Crippen LogP contribution in [0.5, 0.6) is 0 Å². The van der Waals surface area contributed by atoms with Crippen LogP contribution in [-0.2, 0) is 14.3 Å². The van der Waals surface area contributed by atoms with E-state index in [0.717, 1.165) is 7.11 Å². The van der Waals surface area contributed by atoms with E-state index in [2.05, 4.69) is 4.74 Å². The number of carbonyl (C=O) groups excluding carboxylic acids is 1. The Bertz CT molecular complexity index is 189. The lowest BCUT2D eigenvalue weighted by atomic mass is 9.96. The van der Waals surface area contributed by atoms with Crippen LogP contribution in [0, 0.1) is 11.8 Å². The highest BCUT2D eigenvalue weighted by Crippen LogP contribution is 2.13. The van der Waals surface area contributed by atoms with E-state index in [1.807, 2.05) is 0 Å². The summed E-state index contributed by atoms with van der Waals surface area (Å²) in [6, 6.07) is 0. The van der Waals surface area contributed by atoms with Crippen LogP contribution < -0.4 is 0 Å². The van der Waals surface area contributed by atoms with Crippen LogP contribution in [-0.4, -0.2) is 35.9 Å². The third-order valence-electron chi connectivity index (χ3n) is 1.73. The zero-order chi connectivity index (χ0) is 10.4. The maximum absolute atomic E-state index is 10.9. The number of carbonyl (C=O) groups is 2. The topological polar surface area (TPSA) is 83.8 Å². The maximum atomic E-state index is 10.9. The monoisotopic (exact) mass is 190 g/mol. The van der Waals surface area contributed by atoms with Gasteiger partial charge in [0.2, 0.25) is 0 Å². The van der Waals surface area contributed by atoms with Crippen molar-refractivity contribution in [3.8, 4) is 0 Å². The van der Waals surface area contributed by atoms with Gasteiger partial charge in [-0.1, -0.05) is 6.92 Å². The molecule has 76 valence electrons. The number of aliphatic hydroxyl groups is 1. The summed E-state index contributed by atoms with van der Waals surface area (Å²) in [6.45, 7) is 1.53. The van der Waals surface area contributed by atoms with Crippen LogP contribution in [0.1, 0.15) is 13.3 Å². The highest BCUT2D eigenvalue weighted by atomic mass is 16.5. The van der Waals surface area contributed by atoms with Crippen molar-refractivity contribution in [3.63, 3.8) is 0 Å². The summed E-state index contributed by atoms with van der Waals surface area (Å²) in [7, 11) is 1.14. The van der Waals surface area contributed by atoms with Gasteiger partial charge in [-0.15, -0.1) is 0 Å². The lowest BCUT2D eigenvalue weighted by Gasteiger charge is -2.13. The molecule has 0 aliphatic heterocycles. The van der Waals surface area contributed by atoms with E-state index in [1.165, 1.54) is 0 Å². The Labute approximate surface area is 76.3 Å². The van der Waals surface area contributed by atoms with Gasteiger partial charge >= 0.3 is 11.9 Å². The molecule has 0 aromatic rings. The summed E-state index contributed by atoms with van der Waals surface area (Å²) in [4.78, 5) is 21.5. The third kappa shape index (κ3) is 3.89. The van der Waals surface area contributed by atoms with Crippen LogP contribution in [0.15, 0.2) is 0 Å². The fourth-order valence-electron chi connectivity index (χ4n) is 0.917. The minimum atomic E-state index is -1.22. The van der Waals surface area contributed by atoms with E-state index in [1.54, 1.807) is 6.92 Å². The van der Waals surface area contributed by atoms with E-state index < -0.39 is 17.9 Å². The molecule has 2 unspecified atom stereocenters. The number of esters is 1. The summed E-state index contributed by atoms with van der Waals surface area (Å²) in [5, 5.41) is 17.3. The van der Waals surface area contributed by atoms with Gasteiger partial charge in [0.15, 0.2) is 5.92 Å². The highest BCUT2D eigenvalue weighted by Gasteiger charge is 2.28. The van der Waals surface area contributed by atoms with Crippen LogP contribution in [0.3, 0.4) is 0 Å². The van der Waals surface area contributed by atoms with Gasteiger partial charge < -0.3 is 14.9 Å². The largest absolute Gasteiger partial charge is 0.481 e. The van der Waals surface area contributed by atoms with Crippen molar-refractivity contribution >= 4 is 11.9 Å². The molecular weight excluding hydrogens is 176 g/mol. The third-order valence-corrected chi connectivity index (χ3v) is 1.73. The van der Waals surface area contributed by atoms with Crippen LogP contribution in [0.4, 0.5) is 0 Å². The van der Waals surface area contributed by atoms with Crippen molar-refractivity contribution in [1.82, 2.24) is 0 Å². The first-order valence-electron chi connectivity index (χ1n) is 3.94. The summed E-state index contributed by atoms with van der Waals surface area (Å²) in [6.07, 6.45) is 0.0957. The van der Waals surface area contributed by atoms with Gasteiger partial charge in [-0.3, -0.25) is 9.59 Å². The van der Waals surface area contributed by atoms with Gasteiger partial charge in [0.05, 0.1) is 7.11 Å². The zero-order valence-electron chi connectivity index (χ0n) is 7.69. The highest BCUT2D eigenvalue weighted by molar-refractivity contribution is 5.93. The SMILES string of the molecule is COC(=O)C(CC(C)CO)C(=O)O. The predicted octanol–water partition coefficient (Wildman–Crippen LogP) is -0.121. The molecule has 0 aromatic heterocycles. The van der Waals surface area contributed by atoms with Crippen LogP contribution in [0.2, 0.25) is 0 Å². The van der Waals surface area contributed by atoms with Crippen molar-refractivity contribution in [2.45, 2.75) is 13.3 Å². The Morgan fingerprint density at radius 2 is 2.00 bits per heavy atom. The molecule has 2 N–H and O–H groups in total. The second-order valence-corrected chi connectivity index (χ2v) is 2.94. The molecule has 0 saturated heterocycles. The molecule has 5 heteroatoms. The number of aliphatic hydroxyl groups excluding tert-OH is 1. The zero-order valence-corrected chi connectivity index (χ0v) is 7.69. The molecule has 0 aliphatic carbocycles. The molecule has 2 atom stereocenters. The molecule has 0 aliphatic rings. The first kappa shape index (κ1) is 11.9. The molecule has 0 aromatic carbocycles. The minimum absolute atomic E-state index is 0.0957. The quantitative estimate of drug-likeness (QED) is 0.466. The smallest absolute Gasteiger partial charge is 0.320 e. The normalized spacial score (nSPS) is 14.7. The van der Waals surface area contributed by atoms with Crippen molar-refractivity contribution < 1.29 is 24.5 Å². The minimum Gasteiger partial charge on any atom is -0.481 e. The van der Waals surface area contributed by atoms with E-state index in [-0.39, 0.29) is 18.9 Å². The summed E-state index contributed by atoms with van der Waals surface area (Å²) in [5.74, 6) is -3.38. The number of methoxy groups -OCH3 is 1. The molecule has 0 amide bonds. The number of aliphatic carboxylic acids is 1. The second-order valence-electron chi connectivity index (χ2n) is 2.94. The van der Waals surface area contributed by atoms with Gasteiger partial charge in [-0.05, 0) is 12.3 Å². The van der Waals surface area contributed by atoms with E-state index in [0.29, 0.717) is 0 Å². The Kier molecular flexibility index (Phi) is 5.06. The first-order chi connectivity index (χ1) is 6.02. The fraction of sp³-hybridized carbons (Fsp3) is 0.750. The number of rotatable bonds is 5. The molecule has 0 saturated carbocycles. The van der Waals surface area contributed by atoms with Crippen molar-refractivity contribution in [2.24, 2.45) is 11.8 Å². The number of carboxylic acid groups (broad SMARTS) is 1. The number of hydrogen-bond acceptors (Lipinski definition) is 4. The lowest BCUT2D eigenvalue weighted by Crippen LogP contribution is -2.27. The van der Waals surface area contributed by atoms with Crippen LogP contribution in [0.25, 0.3) is 0 Å². The van der Waals surface area contributed by atoms with Gasteiger partial charge in [0.1, 0.15) is 0 Å². The average molecular weight is 190 g/mol. The number of hydrogen-bond donors (Lipinski definition) is 2. The molecule has 0 bridgehead atoms. The lowest BCUT2D eigenvalue weighted by molar-refractivity contribution is -0.157. The Morgan fingerprint density at radius 1 is 1.46 bits per heavy atom. The molecule has 0 spiro atoms. The molecule has 0 radical (unpaired) electrons. The molecule has 0 rings (SSSR count). The van der Waals surface area contributed by atoms with E-state index >= 15 is 0 Å². The van der Waals surface area contributed by atoms with Crippen molar-refractivity contribution in [3.05, 3.63) is 0 Å². The van der Waals surface area contributed by atoms with Gasteiger partial charge in [0.25, 0.3) is 0 Å². The summed E-state index contributed by atoms with van der Waals surface area (Å²) < 4.78 is 4.32. The maximum Gasteiger partial charge on any atom is 0.320 e. The molecule has 5 nitrogen and oxygen atoms in total. The Balaban J connectivity index is 4.26. The van der Waals surface area contributed by atoms with E-state index in [9.17, 15) is 9.59 Å². The standard InChI is InChI=1S/C8H14O5/c1-5(4-9)3-6(7(10)11)8(12)13-2/h5-6,9H,3-4H2,1-2H3,(H,10,11). The van der Waals surface area contributed by atoms with Gasteiger partial charge in [-0.25, -0.2) is 0 Å². The molecule has 0 fully saturated rings. The fourth-order valence-corrected chi connectivity index (χ4v) is 0.917. The number of ether oxygens (including phenoxy) is 1. The van der Waals surface area contributed by atoms with Crippen molar-refractivity contribution in [1.29, 1.82) is 0 Å². The predicted molar refractivity (Wildman–Crippen MR) is 44.0 cm³/mol. The number of carboxylic acids is 1. The summed E-state index contributed by atoms with van der Waals surface area (Å²) in [5.41, 5.74) is 0. The first-order valence-corrected chi connectivity index (χ1v) is 3.94.